The van der Waals surface area contributed by atoms with E-state index in [4.69, 9.17) is 4.74 Å². The van der Waals surface area contributed by atoms with Crippen LogP contribution < -0.4 is 0 Å². The fraction of sp³-hybridized carbons (Fsp3) is 0.946. The van der Waals surface area contributed by atoms with Crippen molar-refractivity contribution in [2.45, 2.75) is 259 Å². The lowest BCUT2D eigenvalue weighted by Gasteiger charge is -2.39. The summed E-state index contributed by atoms with van der Waals surface area (Å²) in [5, 5.41) is 0. The summed E-state index contributed by atoms with van der Waals surface area (Å²) in [7, 11) is 0. The first kappa shape index (κ1) is 61.3. The Hall–Kier alpha value is -1.71. The predicted octanol–water partition coefficient (Wildman–Crippen LogP) is 13.5. The molecule has 1 unspecified atom stereocenters. The Kier molecular flexibility index (Phi) is 42.2. The molecule has 1 aliphatic rings. The number of esters is 1. The molecule has 384 valence electrons. The number of hydrogen-bond acceptors (Lipinski definition) is 7. The maximum atomic E-state index is 14.1. The third-order valence-electron chi connectivity index (χ3n) is 14.1. The zero-order valence-electron chi connectivity index (χ0n) is 44.5. The fourth-order valence-corrected chi connectivity index (χ4v) is 9.46. The van der Waals surface area contributed by atoms with Crippen molar-refractivity contribution in [3.8, 4) is 0 Å². The van der Waals surface area contributed by atoms with Gasteiger partial charge in [-0.15, -0.1) is 0 Å². The lowest BCUT2D eigenvalue weighted by atomic mass is 10.1. The van der Waals surface area contributed by atoms with Gasteiger partial charge < -0.3 is 19.4 Å². The molecule has 1 rings (SSSR count). The van der Waals surface area contributed by atoms with Crippen LogP contribution in [0.25, 0.3) is 0 Å². The zero-order chi connectivity index (χ0) is 47.4. The Labute approximate surface area is 404 Å². The Morgan fingerprint density at radius 1 is 0.415 bits per heavy atom. The van der Waals surface area contributed by atoms with E-state index in [2.05, 4.69) is 56.2 Å². The molecule has 1 saturated heterocycles. The topological polar surface area (TPSA) is 76.6 Å². The summed E-state index contributed by atoms with van der Waals surface area (Å²) in [4.78, 5) is 52.1. The van der Waals surface area contributed by atoms with Crippen molar-refractivity contribution in [1.29, 1.82) is 0 Å². The van der Waals surface area contributed by atoms with Crippen LogP contribution in [-0.4, -0.2) is 133 Å². The number of carbonyl (C=O) groups excluding carboxylic acids is 3. The Bertz CT molecular complexity index is 1070. The summed E-state index contributed by atoms with van der Waals surface area (Å²) in [5.41, 5.74) is 0. The minimum absolute atomic E-state index is 0.123. The fourth-order valence-electron chi connectivity index (χ4n) is 9.46. The van der Waals surface area contributed by atoms with E-state index in [1.807, 2.05) is 9.80 Å². The van der Waals surface area contributed by atoms with Crippen LogP contribution in [0.15, 0.2) is 0 Å². The molecule has 0 aromatic rings. The van der Waals surface area contributed by atoms with Crippen molar-refractivity contribution in [3.05, 3.63) is 0 Å². The second kappa shape index (κ2) is 44.8. The third kappa shape index (κ3) is 34.3. The van der Waals surface area contributed by atoms with Crippen LogP contribution in [0.2, 0.25) is 0 Å². The molecule has 0 aliphatic carbocycles. The van der Waals surface area contributed by atoms with Gasteiger partial charge in [0.2, 0.25) is 11.8 Å². The van der Waals surface area contributed by atoms with Gasteiger partial charge in [0.1, 0.15) is 0 Å². The third-order valence-corrected chi connectivity index (χ3v) is 14.1. The molecule has 0 N–H and O–H groups in total. The Balaban J connectivity index is 2.86. The molecular weight excluding hydrogens is 807 g/mol. The lowest BCUT2D eigenvalue weighted by molar-refractivity contribution is -0.144. The molecule has 0 spiro atoms. The summed E-state index contributed by atoms with van der Waals surface area (Å²) < 4.78 is 5.48. The van der Waals surface area contributed by atoms with Crippen LogP contribution in [0.3, 0.4) is 0 Å². The largest absolute Gasteiger partial charge is 0.466 e. The van der Waals surface area contributed by atoms with E-state index in [0.29, 0.717) is 52.2 Å². The second-order valence-corrected chi connectivity index (χ2v) is 20.1. The highest BCUT2D eigenvalue weighted by Gasteiger charge is 2.30. The standard InChI is InChI=1S/C56H111N5O4/c1-7-12-17-21-25-29-33-40-57(41-34-30-26-22-18-13-8-2)45-46-58(42-35-31-27-23-19-14-9-3)52-54(62)60-47-49-61(50-48-60)56(64)53(6)59(43-36-32-28-24-20-15-10-4)44-38-39-55(63)65-51-37-16-11-5/h53H,7-52H2,1-6H3. The lowest BCUT2D eigenvalue weighted by Crippen LogP contribution is -2.56. The highest BCUT2D eigenvalue weighted by Crippen LogP contribution is 2.16. The highest BCUT2D eigenvalue weighted by atomic mass is 16.5. The van der Waals surface area contributed by atoms with Crippen LogP contribution in [-0.2, 0) is 19.1 Å². The molecule has 0 bridgehead atoms. The first-order valence-electron chi connectivity index (χ1n) is 28.7. The van der Waals surface area contributed by atoms with Crippen LogP contribution in [0.5, 0.6) is 0 Å². The molecule has 9 nitrogen and oxygen atoms in total. The van der Waals surface area contributed by atoms with Crippen LogP contribution in [0.1, 0.15) is 253 Å². The molecule has 0 aromatic carbocycles. The van der Waals surface area contributed by atoms with Gasteiger partial charge in [-0.2, -0.15) is 0 Å². The van der Waals surface area contributed by atoms with E-state index in [9.17, 15) is 14.4 Å². The van der Waals surface area contributed by atoms with Crippen molar-refractivity contribution in [3.63, 3.8) is 0 Å². The first-order chi connectivity index (χ1) is 31.8. The van der Waals surface area contributed by atoms with Gasteiger partial charge in [0.15, 0.2) is 0 Å². The molecule has 1 fully saturated rings. The maximum Gasteiger partial charge on any atom is 0.305 e. The average molecular weight is 919 g/mol. The molecule has 1 atom stereocenters. The minimum atomic E-state index is -0.250. The summed E-state index contributed by atoms with van der Waals surface area (Å²) in [6.45, 7) is 23.7. The molecule has 0 saturated carbocycles. The molecule has 2 amide bonds. The maximum absolute atomic E-state index is 14.1. The van der Waals surface area contributed by atoms with Gasteiger partial charge in [0.05, 0.1) is 19.2 Å². The van der Waals surface area contributed by atoms with Gasteiger partial charge in [-0.1, -0.05) is 202 Å². The van der Waals surface area contributed by atoms with E-state index in [0.717, 1.165) is 64.8 Å². The van der Waals surface area contributed by atoms with Crippen LogP contribution in [0, 0.1) is 0 Å². The van der Waals surface area contributed by atoms with Gasteiger partial charge in [-0.3, -0.25) is 24.2 Å². The monoisotopic (exact) mass is 918 g/mol. The number of ether oxygens (including phenoxy) is 1. The number of rotatable bonds is 47. The number of amides is 2. The first-order valence-corrected chi connectivity index (χ1v) is 28.7. The van der Waals surface area contributed by atoms with Crippen molar-refractivity contribution in [2.24, 2.45) is 0 Å². The van der Waals surface area contributed by atoms with Gasteiger partial charge in [-0.05, 0) is 78.2 Å². The normalized spacial score (nSPS) is 13.7. The number of piperazine rings is 1. The van der Waals surface area contributed by atoms with Crippen LogP contribution in [0.4, 0.5) is 0 Å². The Morgan fingerprint density at radius 3 is 1.23 bits per heavy atom. The van der Waals surface area contributed by atoms with E-state index < -0.39 is 0 Å². The molecule has 1 heterocycles. The highest BCUT2D eigenvalue weighted by molar-refractivity contribution is 5.82. The molecule has 0 aromatic heterocycles. The van der Waals surface area contributed by atoms with E-state index in [1.54, 1.807) is 0 Å². The molecule has 65 heavy (non-hydrogen) atoms. The zero-order valence-corrected chi connectivity index (χ0v) is 44.5. The number of unbranched alkanes of at least 4 members (excludes halogenated alkanes) is 26. The van der Waals surface area contributed by atoms with Crippen molar-refractivity contribution in [2.75, 3.05) is 85.1 Å². The van der Waals surface area contributed by atoms with Crippen LogP contribution >= 0.6 is 0 Å². The molecule has 1 aliphatic heterocycles. The van der Waals surface area contributed by atoms with Crippen molar-refractivity contribution >= 4 is 17.8 Å². The minimum Gasteiger partial charge on any atom is -0.466 e. The summed E-state index contributed by atoms with van der Waals surface area (Å²) >= 11 is 0. The average Bonchev–Trinajstić information content (AvgIpc) is 3.31. The number of nitrogens with zero attached hydrogens (tertiary/aromatic N) is 5. The Morgan fingerprint density at radius 2 is 0.769 bits per heavy atom. The quantitative estimate of drug-likeness (QED) is 0.0444. The smallest absolute Gasteiger partial charge is 0.305 e. The van der Waals surface area contributed by atoms with Crippen molar-refractivity contribution < 1.29 is 19.1 Å². The number of carbonyl (C=O) groups is 3. The van der Waals surface area contributed by atoms with Gasteiger partial charge in [-0.25, -0.2) is 0 Å². The van der Waals surface area contributed by atoms with Gasteiger partial charge in [0.25, 0.3) is 0 Å². The molecular formula is C56H111N5O4. The summed E-state index contributed by atoms with van der Waals surface area (Å²) in [5.74, 6) is 0.257. The van der Waals surface area contributed by atoms with E-state index in [1.165, 1.54) is 180 Å². The summed E-state index contributed by atoms with van der Waals surface area (Å²) in [6, 6.07) is -0.250. The van der Waals surface area contributed by atoms with Crippen molar-refractivity contribution in [1.82, 2.24) is 24.5 Å². The van der Waals surface area contributed by atoms with E-state index in [-0.39, 0.29) is 23.8 Å². The summed E-state index contributed by atoms with van der Waals surface area (Å²) in [6.07, 6.45) is 40.6. The molecule has 9 heteroatoms. The molecule has 0 radical (unpaired) electrons. The van der Waals surface area contributed by atoms with Gasteiger partial charge in [0, 0.05) is 45.7 Å². The van der Waals surface area contributed by atoms with Gasteiger partial charge >= 0.3 is 5.97 Å². The van der Waals surface area contributed by atoms with E-state index >= 15 is 0 Å². The second-order valence-electron chi connectivity index (χ2n) is 20.1. The predicted molar refractivity (Wildman–Crippen MR) is 279 cm³/mol. The number of hydrogen-bond donors (Lipinski definition) is 0. The SMILES string of the molecule is CCCCCCCCCN(CCCCCCCCC)CCN(CCCCCCCCC)CC(=O)N1CCN(C(=O)C(C)N(CCCCCCCCC)CCCC(=O)OCCCCC)CC1.